The van der Waals surface area contributed by atoms with Crippen LogP contribution in [0.4, 0.5) is 11.5 Å². The van der Waals surface area contributed by atoms with Gasteiger partial charge in [-0.3, -0.25) is 24.6 Å². The Balaban J connectivity index is 0.769. The van der Waals surface area contributed by atoms with E-state index < -0.39 is 6.04 Å². The number of imide groups is 1. The fraction of sp³-hybridized carbons (Fsp3) is 0.333. The van der Waals surface area contributed by atoms with Gasteiger partial charge in [-0.25, -0.2) is 4.98 Å². The standard InChI is InChI=1S/C42H41BrN6O5S/c43-29-3-1-27(2-4-29)40-39(34-9-6-31(50)22-36(34)55-40)54-32-7-11-37(44-23-32)48-15-13-26(14-16-48)24-46-17-19-47(20-18-46)30-5-8-33-28(21-30)25-49(42(33)53)35-10-12-38(51)45-41(35)52/h1-9,11,21-23,26,35,50H,10,12-20,24-25H2,(H,45,51,52). The molecule has 9 rings (SSSR count). The highest BCUT2D eigenvalue weighted by atomic mass is 79.9. The molecule has 6 heterocycles. The molecule has 55 heavy (non-hydrogen) atoms. The molecule has 282 valence electrons. The minimum absolute atomic E-state index is 0.133. The highest BCUT2D eigenvalue weighted by Crippen LogP contribution is 2.47. The van der Waals surface area contributed by atoms with Crippen LogP contribution in [0.1, 0.15) is 41.6 Å². The SMILES string of the molecule is O=C1CCC(N2Cc3cc(N4CCN(CC5CCN(c6ccc(Oc7c(-c8ccc(Br)cc8)sc8cc(O)ccc78)cn6)CC5)CC4)ccc3C2=O)C(=O)N1. The summed E-state index contributed by atoms with van der Waals surface area (Å²) in [5.41, 5.74) is 3.76. The Morgan fingerprint density at radius 3 is 2.42 bits per heavy atom. The Kier molecular flexibility index (Phi) is 9.69. The van der Waals surface area contributed by atoms with E-state index in [2.05, 4.69) is 60.2 Å². The number of benzene rings is 3. The minimum atomic E-state index is -0.596. The van der Waals surface area contributed by atoms with E-state index in [4.69, 9.17) is 9.72 Å². The minimum Gasteiger partial charge on any atom is -0.508 e. The third-order valence-electron chi connectivity index (χ3n) is 11.4. The molecular formula is C42H41BrN6O5S. The number of nitrogens with one attached hydrogen (secondary N) is 1. The number of phenols is 1. The molecule has 3 amide bonds. The summed E-state index contributed by atoms with van der Waals surface area (Å²) in [6.45, 7) is 7.26. The number of aromatic nitrogens is 1. The molecule has 4 aliphatic heterocycles. The summed E-state index contributed by atoms with van der Waals surface area (Å²) in [5, 5.41) is 13.5. The molecule has 3 aromatic carbocycles. The summed E-state index contributed by atoms with van der Waals surface area (Å²) in [6.07, 6.45) is 4.67. The lowest BCUT2D eigenvalue weighted by molar-refractivity contribution is -0.136. The predicted molar refractivity (Wildman–Crippen MR) is 217 cm³/mol. The zero-order valence-electron chi connectivity index (χ0n) is 30.2. The number of ether oxygens (including phenoxy) is 1. The number of hydrogen-bond donors (Lipinski definition) is 2. The van der Waals surface area contributed by atoms with E-state index in [0.29, 0.717) is 30.2 Å². The maximum atomic E-state index is 13.1. The number of carbonyl (C=O) groups excluding carboxylic acids is 3. The third-order valence-corrected chi connectivity index (χ3v) is 13.1. The van der Waals surface area contributed by atoms with Gasteiger partial charge in [0.2, 0.25) is 11.8 Å². The van der Waals surface area contributed by atoms with Gasteiger partial charge < -0.3 is 24.5 Å². The van der Waals surface area contributed by atoms with Crippen molar-refractivity contribution in [2.24, 2.45) is 5.92 Å². The first-order chi connectivity index (χ1) is 26.8. The summed E-state index contributed by atoms with van der Waals surface area (Å²) in [5.74, 6) is 2.48. The maximum absolute atomic E-state index is 13.1. The summed E-state index contributed by atoms with van der Waals surface area (Å²) in [6, 6.07) is 23.0. The molecule has 2 N–H and O–H groups in total. The van der Waals surface area contributed by atoms with Crippen molar-refractivity contribution in [1.82, 2.24) is 20.1 Å². The van der Waals surface area contributed by atoms with Crippen LogP contribution in [0.25, 0.3) is 20.5 Å². The molecule has 1 unspecified atom stereocenters. The van der Waals surface area contributed by atoms with Crippen molar-refractivity contribution in [3.8, 4) is 27.7 Å². The number of rotatable bonds is 8. The molecule has 3 fully saturated rings. The van der Waals surface area contributed by atoms with Crippen LogP contribution >= 0.6 is 27.3 Å². The van der Waals surface area contributed by atoms with Gasteiger partial charge in [0.25, 0.3) is 5.91 Å². The van der Waals surface area contributed by atoms with Gasteiger partial charge in [-0.05, 0) is 97.0 Å². The number of amides is 3. The van der Waals surface area contributed by atoms with E-state index in [1.165, 1.54) is 0 Å². The molecule has 1 atom stereocenters. The second-order valence-electron chi connectivity index (χ2n) is 14.9. The first kappa shape index (κ1) is 35.7. The van der Waals surface area contributed by atoms with E-state index in [9.17, 15) is 19.5 Å². The van der Waals surface area contributed by atoms with Crippen LogP contribution < -0.4 is 19.9 Å². The summed E-state index contributed by atoms with van der Waals surface area (Å²) in [7, 11) is 0. The molecule has 0 bridgehead atoms. The molecular weight excluding hydrogens is 780 g/mol. The number of aromatic hydroxyl groups is 1. The Bertz CT molecular complexity index is 2260. The lowest BCUT2D eigenvalue weighted by Crippen LogP contribution is -2.52. The number of piperidine rings is 2. The molecule has 5 aromatic rings. The number of nitrogens with zero attached hydrogens (tertiary/aromatic N) is 5. The average molecular weight is 822 g/mol. The van der Waals surface area contributed by atoms with E-state index in [-0.39, 0.29) is 29.9 Å². The van der Waals surface area contributed by atoms with Crippen LogP contribution in [0.2, 0.25) is 0 Å². The summed E-state index contributed by atoms with van der Waals surface area (Å²) in [4.78, 5) is 52.0. The fourth-order valence-corrected chi connectivity index (χ4v) is 9.78. The Morgan fingerprint density at radius 2 is 1.67 bits per heavy atom. The number of piperazine rings is 1. The second kappa shape index (κ2) is 14.9. The van der Waals surface area contributed by atoms with Gasteiger partial charge in [0, 0.05) is 84.6 Å². The van der Waals surface area contributed by atoms with Gasteiger partial charge in [-0.2, -0.15) is 0 Å². The smallest absolute Gasteiger partial charge is 0.255 e. The van der Waals surface area contributed by atoms with E-state index >= 15 is 0 Å². The zero-order chi connectivity index (χ0) is 37.6. The van der Waals surface area contributed by atoms with Crippen LogP contribution in [0, 0.1) is 5.92 Å². The van der Waals surface area contributed by atoms with Gasteiger partial charge in [-0.1, -0.05) is 28.1 Å². The Morgan fingerprint density at radius 1 is 0.873 bits per heavy atom. The first-order valence-electron chi connectivity index (χ1n) is 18.9. The quantitative estimate of drug-likeness (QED) is 0.159. The normalized spacial score (nSPS) is 19.6. The van der Waals surface area contributed by atoms with Gasteiger partial charge in [0.15, 0.2) is 5.75 Å². The van der Waals surface area contributed by atoms with Gasteiger partial charge in [-0.15, -0.1) is 11.3 Å². The van der Waals surface area contributed by atoms with E-state index in [1.807, 2.05) is 42.6 Å². The van der Waals surface area contributed by atoms with Crippen LogP contribution in [-0.4, -0.2) is 89.5 Å². The van der Waals surface area contributed by atoms with Crippen molar-refractivity contribution in [3.63, 3.8) is 0 Å². The molecule has 13 heteroatoms. The first-order valence-corrected chi connectivity index (χ1v) is 20.5. The number of carbonyl (C=O) groups is 3. The van der Waals surface area contributed by atoms with Crippen molar-refractivity contribution >= 4 is 66.6 Å². The Hall–Kier alpha value is -4.98. The van der Waals surface area contributed by atoms with Crippen LogP contribution in [-0.2, 0) is 16.1 Å². The van der Waals surface area contributed by atoms with Crippen molar-refractivity contribution < 1.29 is 24.2 Å². The highest BCUT2D eigenvalue weighted by molar-refractivity contribution is 9.10. The van der Waals surface area contributed by atoms with Crippen molar-refractivity contribution in [3.05, 3.63) is 94.6 Å². The van der Waals surface area contributed by atoms with Gasteiger partial charge >= 0.3 is 0 Å². The molecule has 2 aromatic heterocycles. The third kappa shape index (κ3) is 7.28. The predicted octanol–water partition coefficient (Wildman–Crippen LogP) is 7.02. The zero-order valence-corrected chi connectivity index (χ0v) is 32.7. The molecule has 3 saturated heterocycles. The van der Waals surface area contributed by atoms with Gasteiger partial charge in [0.1, 0.15) is 23.4 Å². The number of fused-ring (bicyclic) bond motifs is 2. The fourth-order valence-electron chi connectivity index (χ4n) is 8.35. The average Bonchev–Trinajstić information content (AvgIpc) is 3.71. The molecule has 4 aliphatic rings. The lowest BCUT2D eigenvalue weighted by Gasteiger charge is -2.40. The molecule has 0 aliphatic carbocycles. The van der Waals surface area contributed by atoms with Crippen LogP contribution in [0.3, 0.4) is 0 Å². The number of phenolic OH excluding ortho intramolecular Hbond substituents is 1. The number of pyridine rings is 1. The second-order valence-corrected chi connectivity index (χ2v) is 16.8. The van der Waals surface area contributed by atoms with Crippen molar-refractivity contribution in [2.45, 2.75) is 38.3 Å². The summed E-state index contributed by atoms with van der Waals surface area (Å²) < 4.78 is 8.48. The van der Waals surface area contributed by atoms with Gasteiger partial charge in [0.05, 0.1) is 11.1 Å². The molecule has 0 radical (unpaired) electrons. The van der Waals surface area contributed by atoms with E-state index in [1.54, 1.807) is 28.4 Å². The lowest BCUT2D eigenvalue weighted by atomic mass is 9.96. The van der Waals surface area contributed by atoms with Crippen LogP contribution in [0.5, 0.6) is 17.2 Å². The molecule has 0 saturated carbocycles. The summed E-state index contributed by atoms with van der Waals surface area (Å²) >= 11 is 5.13. The topological polar surface area (TPSA) is 119 Å². The number of hydrogen-bond acceptors (Lipinski definition) is 10. The number of halogens is 1. The number of anilines is 2. The van der Waals surface area contributed by atoms with E-state index in [0.717, 1.165) is 106 Å². The largest absolute Gasteiger partial charge is 0.508 e. The Labute approximate surface area is 331 Å². The van der Waals surface area contributed by atoms with Crippen LogP contribution in [0.15, 0.2) is 83.5 Å². The van der Waals surface area contributed by atoms with Crippen molar-refractivity contribution in [2.75, 3.05) is 55.6 Å². The molecule has 0 spiro atoms. The van der Waals surface area contributed by atoms with Crippen molar-refractivity contribution in [1.29, 1.82) is 0 Å². The maximum Gasteiger partial charge on any atom is 0.255 e. The molecule has 11 nitrogen and oxygen atoms in total. The highest BCUT2D eigenvalue weighted by Gasteiger charge is 2.39. The monoisotopic (exact) mass is 820 g/mol. The number of thiophene rings is 1.